The van der Waals surface area contributed by atoms with E-state index in [2.05, 4.69) is 60.5 Å². The van der Waals surface area contributed by atoms with E-state index < -0.39 is 18.3 Å². The minimum Gasteiger partial charge on any atom is -0.508 e. The molecule has 5 atom stereocenters. The second-order valence-corrected chi connectivity index (χ2v) is 19.8. The number of aliphatic imine (C=N–C) groups is 1. The second kappa shape index (κ2) is 24.6. The van der Waals surface area contributed by atoms with E-state index in [0.29, 0.717) is 53.2 Å². The van der Waals surface area contributed by atoms with Crippen LogP contribution in [0.5, 0.6) is 17.2 Å². The number of aliphatic hydroxyl groups excluding tert-OH is 2. The van der Waals surface area contributed by atoms with Gasteiger partial charge in [-0.1, -0.05) is 106 Å². The van der Waals surface area contributed by atoms with Crippen molar-refractivity contribution in [2.24, 2.45) is 22.6 Å². The number of carbonyl (C=O) groups is 1. The lowest BCUT2D eigenvalue weighted by atomic mass is 9.78. The van der Waals surface area contributed by atoms with Gasteiger partial charge in [-0.2, -0.15) is 0 Å². The fourth-order valence-corrected chi connectivity index (χ4v) is 10.9. The van der Waals surface area contributed by atoms with Crippen LogP contribution in [-0.4, -0.2) is 52.4 Å². The maximum absolute atomic E-state index is 14.1. The molecule has 5 aromatic rings. The molecule has 2 heterocycles. The third-order valence-corrected chi connectivity index (χ3v) is 14.8. The van der Waals surface area contributed by atoms with Crippen LogP contribution < -0.4 is 20.5 Å². The fourth-order valence-electron chi connectivity index (χ4n) is 10.9. The van der Waals surface area contributed by atoms with Crippen LogP contribution in [-0.2, 0) is 41.8 Å². The molecule has 382 valence electrons. The summed E-state index contributed by atoms with van der Waals surface area (Å²) < 4.78 is 18.8. The number of rotatable bonds is 16. The summed E-state index contributed by atoms with van der Waals surface area (Å²) in [6.45, 7) is 4.27. The van der Waals surface area contributed by atoms with Gasteiger partial charge in [0.05, 0.1) is 13.0 Å². The molecule has 7 N–H and O–H groups in total. The van der Waals surface area contributed by atoms with Crippen molar-refractivity contribution >= 4 is 34.3 Å². The van der Waals surface area contributed by atoms with Crippen molar-refractivity contribution in [3.63, 3.8) is 0 Å². The van der Waals surface area contributed by atoms with Crippen LogP contribution >= 0.6 is 0 Å². The molecule has 0 aromatic heterocycles. The molecule has 0 saturated carbocycles. The molecule has 73 heavy (non-hydrogen) atoms. The number of unbranched alkanes of at least 4 members (excludes halogenated alkanes) is 3. The number of hydrogen-bond acceptors (Lipinski definition) is 9. The third-order valence-electron chi connectivity index (χ3n) is 14.8. The van der Waals surface area contributed by atoms with E-state index in [1.807, 2.05) is 72.8 Å². The maximum Gasteiger partial charge on any atom is 0.192 e. The molecule has 9 rings (SSSR count). The molecule has 11 heteroatoms. The van der Waals surface area contributed by atoms with Crippen LogP contribution in [0, 0.1) is 23.9 Å². The molecular formula is C62H71N3O8. The molecule has 6 bridgehead atoms. The van der Waals surface area contributed by atoms with Gasteiger partial charge >= 0.3 is 0 Å². The van der Waals surface area contributed by atoms with Crippen molar-refractivity contribution in [1.82, 2.24) is 0 Å². The number of benzene rings is 5. The number of carbonyl (C=O) groups excluding carboxylic acids is 1. The molecular weight excluding hydrogens is 915 g/mol. The number of phenolic OH excluding ortho intramolecular Hbond substituents is 1. The van der Waals surface area contributed by atoms with Crippen LogP contribution in [0.3, 0.4) is 0 Å². The fraction of sp³-hybridized carbons (Fsp3) is 0.387. The number of ether oxygens (including phenoxy) is 3. The minimum absolute atomic E-state index is 0.00769. The molecule has 5 unspecified atom stereocenters. The highest BCUT2D eigenvalue weighted by Crippen LogP contribution is 2.47. The number of methoxy groups -OCH3 is 1. The number of Topliss-reactive ketones (excluding diaryl/α,β-unsaturated/α-hetero) is 1. The Balaban J connectivity index is 1.13. The first-order chi connectivity index (χ1) is 35.4. The molecule has 5 aromatic carbocycles. The molecule has 2 aliphatic carbocycles. The smallest absolute Gasteiger partial charge is 0.192 e. The predicted molar refractivity (Wildman–Crippen MR) is 291 cm³/mol. The number of guanidine groups is 1. The summed E-state index contributed by atoms with van der Waals surface area (Å²) in [6, 6.07) is 25.5. The Bertz CT molecular complexity index is 2940. The van der Waals surface area contributed by atoms with Crippen molar-refractivity contribution < 1.29 is 39.4 Å². The highest BCUT2D eigenvalue weighted by atomic mass is 16.5. The van der Waals surface area contributed by atoms with E-state index in [0.717, 1.165) is 84.7 Å². The Morgan fingerprint density at radius 1 is 0.945 bits per heavy atom. The number of nitrogens with one attached hydrogen (secondary N) is 1. The second-order valence-electron chi connectivity index (χ2n) is 19.8. The quantitative estimate of drug-likeness (QED) is 0.0183. The Labute approximate surface area is 430 Å². The average molecular weight is 986 g/mol. The van der Waals surface area contributed by atoms with E-state index in [4.69, 9.17) is 19.9 Å². The summed E-state index contributed by atoms with van der Waals surface area (Å²) >= 11 is 0. The summed E-state index contributed by atoms with van der Waals surface area (Å²) in [7, 11) is 3.25. The lowest BCUT2D eigenvalue weighted by Gasteiger charge is -2.28. The summed E-state index contributed by atoms with van der Waals surface area (Å²) in [5, 5.41) is 50.0. The highest BCUT2D eigenvalue weighted by molar-refractivity contribution is 6.01. The van der Waals surface area contributed by atoms with E-state index in [-0.39, 0.29) is 60.1 Å². The van der Waals surface area contributed by atoms with Gasteiger partial charge in [0, 0.05) is 48.2 Å². The van der Waals surface area contributed by atoms with Crippen LogP contribution in [0.2, 0.25) is 0 Å². The number of allylic oxidation sites excluding steroid dienone is 4. The maximum atomic E-state index is 14.1. The predicted octanol–water partition coefficient (Wildman–Crippen LogP) is 12.0. The van der Waals surface area contributed by atoms with Gasteiger partial charge in [0.15, 0.2) is 23.7 Å². The van der Waals surface area contributed by atoms with Gasteiger partial charge in [0.2, 0.25) is 0 Å². The zero-order valence-corrected chi connectivity index (χ0v) is 42.7. The van der Waals surface area contributed by atoms with E-state index >= 15 is 0 Å². The standard InChI is InChI=1S/C62H71N3O8/c1-5-6-8-19-49-43(18-13-20-55(49)65-62(63)64-3)17-12-11-16-42-24-26-46(66)33-45(42)34-48-35-47(67)25-22-41-23-28-57(71-4)58(32-41)73-38-54-50-27-21-39(2)51-37-56(68)59(53(60(50)51)36-52(54)61(69)70)44(29-30-72-48)31-40-14-9-7-10-15-40/h7,9-10,13-15,18,20-21,23-24,26-28,32-33,36-37,39,42,44-45,48,61,66,68-70H,5-6,8,11-12,16-17,19,22,25,31,34-35,38H2,1-4H3,(H3,63,64,65). The number of ketones is 1. The topological polar surface area (TPSA) is 176 Å². The number of phenols is 1. The molecule has 0 amide bonds. The number of fused-ring (bicyclic) bond motifs is 9. The van der Waals surface area contributed by atoms with E-state index in [1.165, 1.54) is 11.1 Å². The van der Waals surface area contributed by atoms with Gasteiger partial charge in [-0.3, -0.25) is 9.79 Å². The molecule has 0 fully saturated rings. The summed E-state index contributed by atoms with van der Waals surface area (Å²) in [6.07, 6.45) is 20.1. The van der Waals surface area contributed by atoms with E-state index in [1.54, 1.807) is 26.3 Å². The molecule has 0 saturated heterocycles. The number of anilines is 1. The number of aromatic hydroxyl groups is 1. The summed E-state index contributed by atoms with van der Waals surface area (Å²) in [4.78, 5) is 18.2. The van der Waals surface area contributed by atoms with Crippen LogP contribution in [0.4, 0.5) is 5.69 Å². The Kier molecular flexibility index (Phi) is 17.6. The SMILES string of the molecule is CCCCCc1c(CCCCC2C=CC(O)=CC2CC2CC(=O)CCc3ccc(OC)c(c3)OCc3c(C(O)O)cc4c(c(O)cc5c4c3C=CC5C)C(Cc3ccccc3)C#CO2)cccc1NC(N)=NC. The lowest BCUT2D eigenvalue weighted by molar-refractivity contribution is -0.121. The minimum atomic E-state index is -1.86. The molecule has 11 nitrogen and oxygen atoms in total. The van der Waals surface area contributed by atoms with Gasteiger partial charge in [-0.05, 0) is 150 Å². The number of aryl methyl sites for hydroxylation is 2. The van der Waals surface area contributed by atoms with Crippen molar-refractivity contribution in [3.8, 4) is 29.3 Å². The van der Waals surface area contributed by atoms with Crippen molar-refractivity contribution in [2.45, 2.75) is 128 Å². The molecule has 2 aliphatic heterocycles. The first-order valence-electron chi connectivity index (χ1n) is 26.0. The van der Waals surface area contributed by atoms with E-state index in [9.17, 15) is 25.2 Å². The van der Waals surface area contributed by atoms with Crippen LogP contribution in [0.1, 0.15) is 140 Å². The van der Waals surface area contributed by atoms with Crippen molar-refractivity contribution in [3.05, 3.63) is 159 Å². The van der Waals surface area contributed by atoms with Gasteiger partial charge in [0.25, 0.3) is 0 Å². The lowest BCUT2D eigenvalue weighted by Crippen LogP contribution is -2.24. The van der Waals surface area contributed by atoms with Crippen LogP contribution in [0.25, 0.3) is 16.8 Å². The Morgan fingerprint density at radius 2 is 1.77 bits per heavy atom. The zero-order valence-electron chi connectivity index (χ0n) is 42.7. The van der Waals surface area contributed by atoms with Crippen molar-refractivity contribution in [1.29, 1.82) is 0 Å². The number of aliphatic hydroxyl groups is 3. The molecule has 0 spiro atoms. The largest absolute Gasteiger partial charge is 0.508 e. The summed E-state index contributed by atoms with van der Waals surface area (Å²) in [5.41, 5.74) is 14.6. The third kappa shape index (κ3) is 12.8. The first-order valence-corrected chi connectivity index (χ1v) is 26.0. The molecule has 0 radical (unpaired) electrons. The monoisotopic (exact) mass is 986 g/mol. The zero-order chi connectivity index (χ0) is 51.4. The van der Waals surface area contributed by atoms with Gasteiger partial charge in [-0.25, -0.2) is 0 Å². The summed E-state index contributed by atoms with van der Waals surface area (Å²) in [5.74, 6) is 4.28. The number of nitrogens with zero attached hydrogens (tertiary/aromatic N) is 1. The van der Waals surface area contributed by atoms with Gasteiger partial charge in [-0.15, -0.1) is 0 Å². The highest BCUT2D eigenvalue weighted by Gasteiger charge is 2.30. The van der Waals surface area contributed by atoms with Crippen LogP contribution in [0.15, 0.2) is 114 Å². The van der Waals surface area contributed by atoms with Crippen molar-refractivity contribution in [2.75, 3.05) is 19.5 Å². The number of hydrogen-bond donors (Lipinski definition) is 6. The van der Waals surface area contributed by atoms with Gasteiger partial charge < -0.3 is 45.7 Å². The normalized spacial score (nSPS) is 19.9. The number of nitrogens with two attached hydrogens (primary N) is 1. The van der Waals surface area contributed by atoms with Gasteiger partial charge in [0.1, 0.15) is 36.1 Å². The first kappa shape index (κ1) is 52.3. The Morgan fingerprint density at radius 3 is 2.55 bits per heavy atom. The average Bonchev–Trinajstić information content (AvgIpc) is 3.38. The Hall–Kier alpha value is -7.00. The molecule has 4 aliphatic rings.